The average molecular weight is 372 g/mol. The zero-order valence-electron chi connectivity index (χ0n) is 14.9. The molecule has 26 heavy (non-hydrogen) atoms. The monoisotopic (exact) mass is 371 g/mol. The molecule has 3 saturated carbocycles. The van der Waals surface area contributed by atoms with Gasteiger partial charge in [0, 0.05) is 42.1 Å². The van der Waals surface area contributed by atoms with Crippen molar-refractivity contribution >= 4 is 29.3 Å². The molecule has 0 radical (unpaired) electrons. The zero-order valence-corrected chi connectivity index (χ0v) is 15.7. The fourth-order valence-corrected chi connectivity index (χ4v) is 6.37. The number of nitrogens with zero attached hydrogens (tertiary/aromatic N) is 1. The first-order valence-corrected chi connectivity index (χ1v) is 10.9. The molecule has 5 nitrogen and oxygen atoms in total. The number of thioether (sulfide) groups is 1. The molecule has 0 unspecified atom stereocenters. The molecule has 2 heterocycles. The van der Waals surface area contributed by atoms with Gasteiger partial charge in [-0.05, 0) is 43.7 Å². The van der Waals surface area contributed by atoms with Crippen molar-refractivity contribution in [3.8, 4) is 0 Å². The van der Waals surface area contributed by atoms with Crippen LogP contribution in [0.1, 0.15) is 36.0 Å². The van der Waals surface area contributed by atoms with Crippen LogP contribution in [0.5, 0.6) is 0 Å². The van der Waals surface area contributed by atoms with E-state index >= 15 is 0 Å². The van der Waals surface area contributed by atoms with Gasteiger partial charge in [-0.25, -0.2) is 0 Å². The number of fused-ring (bicyclic) bond motifs is 3. The van der Waals surface area contributed by atoms with Crippen LogP contribution in [0.25, 0.3) is 0 Å². The molecule has 2 bridgehead atoms. The first-order chi connectivity index (χ1) is 12.7. The maximum absolute atomic E-state index is 13.1. The first-order valence-electron chi connectivity index (χ1n) is 9.72. The maximum Gasteiger partial charge on any atom is 0.255 e. The topological polar surface area (TPSA) is 61.4 Å². The van der Waals surface area contributed by atoms with Crippen molar-refractivity contribution in [2.45, 2.75) is 31.3 Å². The Morgan fingerprint density at radius 1 is 1.15 bits per heavy atom. The Bertz CT molecular complexity index is 748. The van der Waals surface area contributed by atoms with Crippen molar-refractivity contribution < 1.29 is 9.59 Å². The van der Waals surface area contributed by atoms with Crippen molar-refractivity contribution in [3.05, 3.63) is 29.8 Å². The van der Waals surface area contributed by atoms with E-state index in [0.717, 1.165) is 61.5 Å². The van der Waals surface area contributed by atoms with E-state index in [-0.39, 0.29) is 17.5 Å². The molecule has 1 aromatic carbocycles. The SMILES string of the molecule is O=C1N[C@]2(C[C@@H]3CC[C@@H]2C[C@@H]3C(=O)N2CCSCC2)Nc2ccccc21. The fourth-order valence-electron chi connectivity index (χ4n) is 5.46. The van der Waals surface area contributed by atoms with Crippen LogP contribution in [0, 0.1) is 17.8 Å². The highest BCUT2D eigenvalue weighted by atomic mass is 32.2. The van der Waals surface area contributed by atoms with Crippen LogP contribution in [0.4, 0.5) is 5.69 Å². The van der Waals surface area contributed by atoms with Crippen molar-refractivity contribution in [3.63, 3.8) is 0 Å². The number of hydrogen-bond acceptors (Lipinski definition) is 4. The van der Waals surface area contributed by atoms with E-state index in [2.05, 4.69) is 15.5 Å². The fraction of sp³-hybridized carbons (Fsp3) is 0.600. The quantitative estimate of drug-likeness (QED) is 0.796. The molecule has 4 atom stereocenters. The lowest BCUT2D eigenvalue weighted by Gasteiger charge is -2.56. The van der Waals surface area contributed by atoms with Gasteiger partial charge in [0.15, 0.2) is 0 Å². The number of carbonyl (C=O) groups excluding carboxylic acids is 2. The van der Waals surface area contributed by atoms with E-state index in [9.17, 15) is 9.59 Å². The van der Waals surface area contributed by atoms with Gasteiger partial charge in [-0.15, -0.1) is 0 Å². The van der Waals surface area contributed by atoms with Gasteiger partial charge in [-0.1, -0.05) is 12.1 Å². The van der Waals surface area contributed by atoms with Gasteiger partial charge in [0.1, 0.15) is 5.66 Å². The molecule has 6 heteroatoms. The van der Waals surface area contributed by atoms with Crippen LogP contribution < -0.4 is 10.6 Å². The van der Waals surface area contributed by atoms with Crippen LogP contribution >= 0.6 is 11.8 Å². The number of hydrogen-bond donors (Lipinski definition) is 2. The second kappa shape index (κ2) is 6.19. The second-order valence-electron chi connectivity index (χ2n) is 8.11. The zero-order chi connectivity index (χ0) is 17.7. The summed E-state index contributed by atoms with van der Waals surface area (Å²) in [5.74, 6) is 3.31. The number of carbonyl (C=O) groups is 2. The van der Waals surface area contributed by atoms with Gasteiger partial charge in [0.25, 0.3) is 5.91 Å². The van der Waals surface area contributed by atoms with Gasteiger partial charge < -0.3 is 15.5 Å². The second-order valence-corrected chi connectivity index (χ2v) is 9.34. The Morgan fingerprint density at radius 2 is 1.96 bits per heavy atom. The molecule has 2 aliphatic heterocycles. The smallest absolute Gasteiger partial charge is 0.255 e. The van der Waals surface area contributed by atoms with Crippen LogP contribution in [0.2, 0.25) is 0 Å². The Balaban J connectivity index is 1.38. The predicted molar refractivity (Wildman–Crippen MR) is 103 cm³/mol. The summed E-state index contributed by atoms with van der Waals surface area (Å²) in [5.41, 5.74) is 1.28. The lowest BCUT2D eigenvalue weighted by atomic mass is 9.58. The molecule has 2 amide bonds. The third kappa shape index (κ3) is 2.53. The molecule has 0 aromatic heterocycles. The van der Waals surface area contributed by atoms with Crippen molar-refractivity contribution in [2.75, 3.05) is 29.9 Å². The minimum absolute atomic E-state index is 0.0165. The summed E-state index contributed by atoms with van der Waals surface area (Å²) < 4.78 is 0. The summed E-state index contributed by atoms with van der Waals surface area (Å²) in [5, 5.41) is 6.93. The Morgan fingerprint density at radius 3 is 2.73 bits per heavy atom. The Hall–Kier alpha value is -1.69. The minimum atomic E-state index is -0.372. The highest BCUT2D eigenvalue weighted by Gasteiger charge is 2.55. The highest BCUT2D eigenvalue weighted by Crippen LogP contribution is 2.52. The summed E-state index contributed by atoms with van der Waals surface area (Å²) >= 11 is 1.94. The van der Waals surface area contributed by atoms with E-state index in [1.165, 1.54) is 0 Å². The Kier molecular flexibility index (Phi) is 3.92. The van der Waals surface area contributed by atoms with Crippen LogP contribution in [0.15, 0.2) is 24.3 Å². The molecule has 6 rings (SSSR count). The van der Waals surface area contributed by atoms with Gasteiger partial charge in [0.2, 0.25) is 5.91 Å². The molecule has 3 aliphatic carbocycles. The standard InChI is InChI=1S/C20H25N3O2S/c24-18-15-3-1-2-4-17(15)21-20(22-18)12-13-5-6-14(20)11-16(13)19(25)23-7-9-26-10-8-23/h1-4,13-14,16,21H,5-12H2,(H,22,24)/t13-,14+,16-,20-/m0/s1. The number of anilines is 1. The average Bonchev–Trinajstić information content (AvgIpc) is 2.68. The molecular weight excluding hydrogens is 346 g/mol. The summed E-state index contributed by atoms with van der Waals surface area (Å²) in [7, 11) is 0. The van der Waals surface area contributed by atoms with Crippen LogP contribution in [-0.2, 0) is 4.79 Å². The highest BCUT2D eigenvalue weighted by molar-refractivity contribution is 7.99. The van der Waals surface area contributed by atoms with E-state index in [4.69, 9.17) is 0 Å². The minimum Gasteiger partial charge on any atom is -0.362 e. The summed E-state index contributed by atoms with van der Waals surface area (Å²) in [6.45, 7) is 1.79. The molecule has 1 aromatic rings. The van der Waals surface area contributed by atoms with Gasteiger partial charge in [-0.2, -0.15) is 11.8 Å². The van der Waals surface area contributed by atoms with Gasteiger partial charge in [-0.3, -0.25) is 9.59 Å². The largest absolute Gasteiger partial charge is 0.362 e. The molecular formula is C20H25N3O2S. The van der Waals surface area contributed by atoms with E-state index in [1.807, 2.05) is 36.0 Å². The number of para-hydroxylation sites is 1. The normalized spacial score (nSPS) is 35.6. The Labute approximate surface area is 158 Å². The molecule has 138 valence electrons. The van der Waals surface area contributed by atoms with Gasteiger partial charge in [0.05, 0.1) is 5.56 Å². The third-order valence-electron chi connectivity index (χ3n) is 6.78. The number of nitrogens with one attached hydrogen (secondary N) is 2. The molecule has 4 fully saturated rings. The van der Waals surface area contributed by atoms with Crippen molar-refractivity contribution in [2.24, 2.45) is 17.8 Å². The maximum atomic E-state index is 13.1. The summed E-state index contributed by atoms with van der Waals surface area (Å²) in [4.78, 5) is 27.8. The molecule has 1 saturated heterocycles. The predicted octanol–water partition coefficient (Wildman–Crippen LogP) is 2.55. The number of benzene rings is 1. The number of rotatable bonds is 1. The van der Waals surface area contributed by atoms with E-state index < -0.39 is 0 Å². The van der Waals surface area contributed by atoms with Crippen molar-refractivity contribution in [1.82, 2.24) is 10.2 Å². The van der Waals surface area contributed by atoms with E-state index in [1.54, 1.807) is 0 Å². The molecule has 2 N–H and O–H groups in total. The third-order valence-corrected chi connectivity index (χ3v) is 7.72. The van der Waals surface area contributed by atoms with Crippen molar-refractivity contribution in [1.29, 1.82) is 0 Å². The van der Waals surface area contributed by atoms with Crippen LogP contribution in [-0.4, -0.2) is 47.0 Å². The molecule has 1 spiro atoms. The van der Waals surface area contributed by atoms with E-state index in [0.29, 0.717) is 17.7 Å². The lowest BCUT2D eigenvalue weighted by Crippen LogP contribution is -2.68. The molecule has 5 aliphatic rings. The first kappa shape index (κ1) is 16.5. The summed E-state index contributed by atoms with van der Waals surface area (Å²) in [6.07, 6.45) is 3.93. The summed E-state index contributed by atoms with van der Waals surface area (Å²) in [6, 6.07) is 7.73. The van der Waals surface area contributed by atoms with Crippen LogP contribution in [0.3, 0.4) is 0 Å². The lowest BCUT2D eigenvalue weighted by molar-refractivity contribution is -0.142. The number of amides is 2. The van der Waals surface area contributed by atoms with Gasteiger partial charge >= 0.3 is 0 Å².